The van der Waals surface area contributed by atoms with E-state index in [-0.39, 0.29) is 0 Å². The van der Waals surface area contributed by atoms with Gasteiger partial charge in [0.25, 0.3) is 0 Å². The minimum absolute atomic E-state index is 0.838. The average molecular weight is 320 g/mol. The molecule has 0 saturated heterocycles. The zero-order chi connectivity index (χ0) is 13.7. The normalized spacial score (nSPS) is 10.9. The van der Waals surface area contributed by atoms with Gasteiger partial charge in [0.05, 0.1) is 0 Å². The lowest BCUT2D eigenvalue weighted by atomic mass is 10.1. The summed E-state index contributed by atoms with van der Waals surface area (Å²) < 4.78 is 1.07. The largest absolute Gasteiger partial charge is 0.398 e. The smallest absolute Gasteiger partial charge is 0.0371 e. The molecule has 1 heterocycles. The molecule has 0 fully saturated rings. The minimum atomic E-state index is 0.838. The number of nitrogens with zero attached hydrogens (tertiary/aromatic N) is 2. The van der Waals surface area contributed by atoms with Gasteiger partial charge in [-0.2, -0.15) is 0 Å². The Morgan fingerprint density at radius 3 is 2.63 bits per heavy atom. The van der Waals surface area contributed by atoms with E-state index >= 15 is 0 Å². The van der Waals surface area contributed by atoms with Gasteiger partial charge in [-0.25, -0.2) is 0 Å². The van der Waals surface area contributed by atoms with Crippen LogP contribution in [0.5, 0.6) is 0 Å². The van der Waals surface area contributed by atoms with Crippen molar-refractivity contribution in [2.75, 3.05) is 19.3 Å². The molecule has 1 aromatic carbocycles. The molecule has 19 heavy (non-hydrogen) atoms. The Labute approximate surface area is 122 Å². The third-order valence-electron chi connectivity index (χ3n) is 3.11. The van der Waals surface area contributed by atoms with Crippen molar-refractivity contribution in [3.8, 4) is 0 Å². The number of anilines is 1. The molecule has 2 aromatic rings. The van der Waals surface area contributed by atoms with Crippen molar-refractivity contribution in [1.29, 1.82) is 0 Å². The van der Waals surface area contributed by atoms with Gasteiger partial charge in [0.2, 0.25) is 0 Å². The summed E-state index contributed by atoms with van der Waals surface area (Å²) in [6.07, 6.45) is 4.69. The molecular formula is C15H18BrN3. The summed E-state index contributed by atoms with van der Waals surface area (Å²) in [6, 6.07) is 10.0. The van der Waals surface area contributed by atoms with E-state index in [1.807, 2.05) is 30.6 Å². The molecule has 0 bridgehead atoms. The second-order valence-corrected chi connectivity index (χ2v) is 5.51. The van der Waals surface area contributed by atoms with Gasteiger partial charge in [0.1, 0.15) is 0 Å². The number of nitrogens with two attached hydrogens (primary N) is 1. The van der Waals surface area contributed by atoms with Crippen molar-refractivity contribution in [1.82, 2.24) is 9.88 Å². The summed E-state index contributed by atoms with van der Waals surface area (Å²) in [4.78, 5) is 6.30. The van der Waals surface area contributed by atoms with E-state index in [1.54, 1.807) is 0 Å². The van der Waals surface area contributed by atoms with Crippen LogP contribution in [0.4, 0.5) is 5.69 Å². The Morgan fingerprint density at radius 1 is 1.21 bits per heavy atom. The van der Waals surface area contributed by atoms with E-state index in [9.17, 15) is 0 Å². The zero-order valence-electron chi connectivity index (χ0n) is 11.0. The van der Waals surface area contributed by atoms with E-state index in [2.05, 4.69) is 45.0 Å². The van der Waals surface area contributed by atoms with Crippen LogP contribution in [0, 0.1) is 0 Å². The number of nitrogen functional groups attached to an aromatic ring is 1. The molecule has 1 aromatic heterocycles. The lowest BCUT2D eigenvalue weighted by Gasteiger charge is -2.18. The van der Waals surface area contributed by atoms with E-state index in [0.717, 1.165) is 35.2 Å². The highest BCUT2D eigenvalue weighted by Crippen LogP contribution is 2.23. The molecule has 3 nitrogen and oxygen atoms in total. The van der Waals surface area contributed by atoms with Crippen LogP contribution in [0.3, 0.4) is 0 Å². The van der Waals surface area contributed by atoms with Gasteiger partial charge in [0.15, 0.2) is 0 Å². The number of aromatic nitrogens is 1. The van der Waals surface area contributed by atoms with Crippen LogP contribution in [0.2, 0.25) is 0 Å². The maximum atomic E-state index is 6.01. The van der Waals surface area contributed by atoms with Gasteiger partial charge >= 0.3 is 0 Å². The quantitative estimate of drug-likeness (QED) is 0.861. The van der Waals surface area contributed by atoms with Gasteiger partial charge < -0.3 is 10.6 Å². The van der Waals surface area contributed by atoms with Crippen molar-refractivity contribution >= 4 is 21.6 Å². The third kappa shape index (κ3) is 4.04. The lowest BCUT2D eigenvalue weighted by Crippen LogP contribution is -2.21. The van der Waals surface area contributed by atoms with Crippen LogP contribution in [-0.2, 0) is 13.0 Å². The van der Waals surface area contributed by atoms with Crippen LogP contribution in [0.15, 0.2) is 47.2 Å². The van der Waals surface area contributed by atoms with Crippen LogP contribution in [0.1, 0.15) is 11.1 Å². The van der Waals surface area contributed by atoms with Gasteiger partial charge in [0, 0.05) is 41.2 Å². The number of likely N-dealkylation sites (N-methyl/N-ethyl adjacent to an activating group) is 1. The highest BCUT2D eigenvalue weighted by molar-refractivity contribution is 9.10. The SMILES string of the molecule is CN(CCc1ccncc1)Cc1c(N)cccc1Br. The predicted molar refractivity (Wildman–Crippen MR) is 82.8 cm³/mol. The number of benzene rings is 1. The number of hydrogen-bond donors (Lipinski definition) is 1. The number of rotatable bonds is 5. The summed E-state index contributed by atoms with van der Waals surface area (Å²) in [6.45, 7) is 1.84. The summed E-state index contributed by atoms with van der Waals surface area (Å²) in [7, 11) is 2.11. The fourth-order valence-corrected chi connectivity index (χ4v) is 2.47. The lowest BCUT2D eigenvalue weighted by molar-refractivity contribution is 0.331. The van der Waals surface area contributed by atoms with Crippen molar-refractivity contribution in [3.05, 3.63) is 58.3 Å². The Hall–Kier alpha value is -1.39. The van der Waals surface area contributed by atoms with E-state index < -0.39 is 0 Å². The molecule has 2 rings (SSSR count). The third-order valence-corrected chi connectivity index (χ3v) is 3.86. The highest BCUT2D eigenvalue weighted by Gasteiger charge is 2.07. The van der Waals surface area contributed by atoms with Crippen molar-refractivity contribution in [2.24, 2.45) is 0 Å². The Kier molecular flexibility index (Phi) is 4.93. The van der Waals surface area contributed by atoms with Crippen molar-refractivity contribution in [2.45, 2.75) is 13.0 Å². The summed E-state index contributed by atoms with van der Waals surface area (Å²) in [5, 5.41) is 0. The molecule has 0 radical (unpaired) electrons. The summed E-state index contributed by atoms with van der Waals surface area (Å²) >= 11 is 3.56. The molecule has 0 amide bonds. The summed E-state index contributed by atoms with van der Waals surface area (Å²) in [5.41, 5.74) is 9.31. The number of pyridine rings is 1. The Balaban J connectivity index is 1.93. The first kappa shape index (κ1) is 14.0. The minimum Gasteiger partial charge on any atom is -0.398 e. The van der Waals surface area contributed by atoms with Crippen LogP contribution in [0.25, 0.3) is 0 Å². The first-order chi connectivity index (χ1) is 9.16. The molecular weight excluding hydrogens is 302 g/mol. The molecule has 2 N–H and O–H groups in total. The van der Waals surface area contributed by atoms with E-state index in [0.29, 0.717) is 0 Å². The molecule has 100 valence electrons. The van der Waals surface area contributed by atoms with Crippen LogP contribution < -0.4 is 5.73 Å². The highest BCUT2D eigenvalue weighted by atomic mass is 79.9. The first-order valence-corrected chi connectivity index (χ1v) is 7.06. The molecule has 0 unspecified atom stereocenters. The van der Waals surface area contributed by atoms with Gasteiger partial charge in [-0.05, 0) is 43.3 Å². The molecule has 0 atom stereocenters. The fourth-order valence-electron chi connectivity index (χ4n) is 1.96. The van der Waals surface area contributed by atoms with E-state index in [1.165, 1.54) is 5.56 Å². The Morgan fingerprint density at radius 2 is 1.95 bits per heavy atom. The fraction of sp³-hybridized carbons (Fsp3) is 0.267. The standard InChI is InChI=1S/C15H18BrN3/c1-19(10-7-12-5-8-18-9-6-12)11-13-14(16)3-2-4-15(13)17/h2-6,8-9H,7,10-11,17H2,1H3. The molecule has 4 heteroatoms. The second kappa shape index (κ2) is 6.68. The average Bonchev–Trinajstić information content (AvgIpc) is 2.42. The van der Waals surface area contributed by atoms with E-state index in [4.69, 9.17) is 5.73 Å². The molecule has 0 spiro atoms. The van der Waals surface area contributed by atoms with Crippen LogP contribution in [-0.4, -0.2) is 23.5 Å². The maximum Gasteiger partial charge on any atom is 0.0371 e. The van der Waals surface area contributed by atoms with Crippen molar-refractivity contribution < 1.29 is 0 Å². The number of halogens is 1. The Bertz CT molecular complexity index is 508. The molecule has 0 saturated carbocycles. The zero-order valence-corrected chi connectivity index (χ0v) is 12.6. The van der Waals surface area contributed by atoms with Crippen molar-refractivity contribution in [3.63, 3.8) is 0 Å². The second-order valence-electron chi connectivity index (χ2n) is 4.65. The van der Waals surface area contributed by atoms with Gasteiger partial charge in [-0.15, -0.1) is 0 Å². The predicted octanol–water partition coefficient (Wildman–Crippen LogP) is 3.10. The topological polar surface area (TPSA) is 42.2 Å². The first-order valence-electron chi connectivity index (χ1n) is 6.27. The maximum absolute atomic E-state index is 6.01. The van der Waals surface area contributed by atoms with Crippen LogP contribution >= 0.6 is 15.9 Å². The van der Waals surface area contributed by atoms with Gasteiger partial charge in [-0.1, -0.05) is 22.0 Å². The molecule has 0 aliphatic carbocycles. The summed E-state index contributed by atoms with van der Waals surface area (Å²) in [5.74, 6) is 0. The van der Waals surface area contributed by atoms with Gasteiger partial charge in [-0.3, -0.25) is 4.98 Å². The number of hydrogen-bond acceptors (Lipinski definition) is 3. The monoisotopic (exact) mass is 319 g/mol. The molecule has 0 aliphatic heterocycles. The molecule has 0 aliphatic rings.